The number of nitrogens with zero attached hydrogens (tertiary/aromatic N) is 1. The van der Waals surface area contributed by atoms with Crippen molar-refractivity contribution in [2.24, 2.45) is 5.92 Å². The summed E-state index contributed by atoms with van der Waals surface area (Å²) >= 11 is 0. The van der Waals surface area contributed by atoms with Crippen LogP contribution < -0.4 is 0 Å². The van der Waals surface area contributed by atoms with Crippen LogP contribution in [0.4, 0.5) is 0 Å². The molecule has 3 rings (SSSR count). The molecule has 2 aromatic carbocycles. The molecule has 1 aliphatic heterocycles. The Balaban J connectivity index is 1.58. The topological polar surface area (TPSA) is 40.5 Å². The molecule has 1 saturated heterocycles. The van der Waals surface area contributed by atoms with Gasteiger partial charge in [0.15, 0.2) is 0 Å². The van der Waals surface area contributed by atoms with E-state index >= 15 is 0 Å². The summed E-state index contributed by atoms with van der Waals surface area (Å²) in [5.74, 6) is 0.277. The Bertz CT molecular complexity index is 716. The number of aliphatic hydroxyl groups excluding tert-OH is 1. The van der Waals surface area contributed by atoms with Crippen molar-refractivity contribution in [2.45, 2.75) is 25.9 Å². The number of carbonyl (C=O) groups excluding carboxylic acids is 1. The molecule has 3 heteroatoms. The third-order valence-corrected chi connectivity index (χ3v) is 5.01. The van der Waals surface area contributed by atoms with E-state index < -0.39 is 6.10 Å². The first-order valence-electron chi connectivity index (χ1n) is 8.91. The number of aliphatic hydroxyl groups is 1. The number of likely N-dealkylation sites (tertiary alicyclic amines) is 1. The number of allylic oxidation sites excluding steroid dienone is 1. The summed E-state index contributed by atoms with van der Waals surface area (Å²) in [6.45, 7) is 3.37. The zero-order valence-corrected chi connectivity index (χ0v) is 14.6. The quantitative estimate of drug-likeness (QED) is 0.856. The predicted octanol–water partition coefficient (Wildman–Crippen LogP) is 4.06. The molecule has 130 valence electrons. The van der Waals surface area contributed by atoms with Gasteiger partial charge in [-0.2, -0.15) is 0 Å². The van der Waals surface area contributed by atoms with Gasteiger partial charge < -0.3 is 10.0 Å². The first-order chi connectivity index (χ1) is 12.1. The average molecular weight is 335 g/mol. The normalized spacial score (nSPS) is 17.4. The fourth-order valence-corrected chi connectivity index (χ4v) is 3.42. The second-order valence-corrected chi connectivity index (χ2v) is 6.71. The lowest BCUT2D eigenvalue weighted by Crippen LogP contribution is -2.39. The van der Waals surface area contributed by atoms with Crippen molar-refractivity contribution in [1.82, 2.24) is 4.90 Å². The van der Waals surface area contributed by atoms with Crippen molar-refractivity contribution >= 4 is 11.5 Å². The summed E-state index contributed by atoms with van der Waals surface area (Å²) in [5, 5.41) is 10.5. The van der Waals surface area contributed by atoms with E-state index in [2.05, 4.69) is 0 Å². The maximum absolute atomic E-state index is 12.5. The lowest BCUT2D eigenvalue weighted by Gasteiger charge is -2.34. The first kappa shape index (κ1) is 17.4. The number of rotatable bonds is 4. The highest BCUT2D eigenvalue weighted by molar-refractivity contribution is 5.94. The summed E-state index contributed by atoms with van der Waals surface area (Å²) in [6, 6.07) is 19.8. The van der Waals surface area contributed by atoms with E-state index in [0.29, 0.717) is 13.1 Å². The van der Waals surface area contributed by atoms with Crippen LogP contribution in [0.15, 0.2) is 66.7 Å². The van der Waals surface area contributed by atoms with Crippen LogP contribution in [0.1, 0.15) is 37.0 Å². The van der Waals surface area contributed by atoms with Crippen molar-refractivity contribution in [1.29, 1.82) is 0 Å². The van der Waals surface area contributed by atoms with Gasteiger partial charge in [-0.1, -0.05) is 60.7 Å². The van der Waals surface area contributed by atoms with Crippen LogP contribution in [0.2, 0.25) is 0 Å². The molecular weight excluding hydrogens is 310 g/mol. The zero-order chi connectivity index (χ0) is 17.6. The summed E-state index contributed by atoms with van der Waals surface area (Å²) < 4.78 is 0. The molecule has 1 fully saturated rings. The van der Waals surface area contributed by atoms with Gasteiger partial charge in [-0.05, 0) is 42.4 Å². The van der Waals surface area contributed by atoms with E-state index in [1.54, 1.807) is 6.08 Å². The van der Waals surface area contributed by atoms with Crippen LogP contribution in [0.5, 0.6) is 0 Å². The van der Waals surface area contributed by atoms with E-state index in [4.69, 9.17) is 0 Å². The fourth-order valence-electron chi connectivity index (χ4n) is 3.42. The molecule has 1 aliphatic rings. The van der Waals surface area contributed by atoms with Gasteiger partial charge in [0.1, 0.15) is 0 Å². The van der Waals surface area contributed by atoms with Gasteiger partial charge in [0, 0.05) is 19.2 Å². The molecule has 1 atom stereocenters. The molecule has 3 nitrogen and oxygen atoms in total. The summed E-state index contributed by atoms with van der Waals surface area (Å²) in [7, 11) is 0. The van der Waals surface area contributed by atoms with Gasteiger partial charge in [0.05, 0.1) is 6.10 Å². The second-order valence-electron chi connectivity index (χ2n) is 6.71. The van der Waals surface area contributed by atoms with Crippen LogP contribution in [0.3, 0.4) is 0 Å². The van der Waals surface area contributed by atoms with Crippen LogP contribution in [0.25, 0.3) is 5.57 Å². The maximum atomic E-state index is 12.5. The molecule has 0 aliphatic carbocycles. The Hall–Kier alpha value is -2.39. The van der Waals surface area contributed by atoms with Crippen LogP contribution >= 0.6 is 0 Å². The monoisotopic (exact) mass is 335 g/mol. The van der Waals surface area contributed by atoms with Crippen molar-refractivity contribution in [3.63, 3.8) is 0 Å². The predicted molar refractivity (Wildman–Crippen MR) is 101 cm³/mol. The van der Waals surface area contributed by atoms with Gasteiger partial charge >= 0.3 is 0 Å². The van der Waals surface area contributed by atoms with Crippen molar-refractivity contribution in [3.8, 4) is 0 Å². The average Bonchev–Trinajstić information content (AvgIpc) is 2.69. The van der Waals surface area contributed by atoms with E-state index in [9.17, 15) is 9.90 Å². The number of piperidine rings is 1. The summed E-state index contributed by atoms with van der Waals surface area (Å²) in [6.07, 6.45) is 2.95. The minimum Gasteiger partial charge on any atom is -0.388 e. The number of hydrogen-bond acceptors (Lipinski definition) is 2. The largest absolute Gasteiger partial charge is 0.388 e. The molecule has 1 unspecified atom stereocenters. The smallest absolute Gasteiger partial charge is 0.246 e. The molecule has 0 bridgehead atoms. The Morgan fingerprint density at radius 3 is 2.20 bits per heavy atom. The minimum atomic E-state index is -0.444. The molecule has 0 aromatic heterocycles. The highest BCUT2D eigenvalue weighted by Crippen LogP contribution is 2.30. The standard InChI is InChI=1S/C22H25NO2/c1-17(18-8-4-2-5-9-18)16-21(24)23-14-12-20(13-15-23)22(25)19-10-6-3-7-11-19/h2-11,16,20,22,25H,12-15H2,1H3. The lowest BCUT2D eigenvalue weighted by atomic mass is 9.87. The third kappa shape index (κ3) is 4.37. The summed E-state index contributed by atoms with van der Waals surface area (Å²) in [5.41, 5.74) is 3.02. The number of benzene rings is 2. The lowest BCUT2D eigenvalue weighted by molar-refractivity contribution is -0.127. The highest BCUT2D eigenvalue weighted by Gasteiger charge is 2.27. The van der Waals surface area contributed by atoms with E-state index in [0.717, 1.165) is 29.5 Å². The van der Waals surface area contributed by atoms with Crippen LogP contribution in [-0.4, -0.2) is 29.0 Å². The maximum Gasteiger partial charge on any atom is 0.246 e. The molecule has 1 N–H and O–H groups in total. The number of amides is 1. The summed E-state index contributed by atoms with van der Waals surface area (Å²) in [4.78, 5) is 14.4. The number of carbonyl (C=O) groups is 1. The van der Waals surface area contributed by atoms with Crippen molar-refractivity contribution in [3.05, 3.63) is 77.9 Å². The molecule has 0 radical (unpaired) electrons. The first-order valence-corrected chi connectivity index (χ1v) is 8.91. The van der Waals surface area contributed by atoms with E-state index in [1.165, 1.54) is 0 Å². The Morgan fingerprint density at radius 2 is 1.60 bits per heavy atom. The van der Waals surface area contributed by atoms with Crippen molar-refractivity contribution < 1.29 is 9.90 Å². The van der Waals surface area contributed by atoms with Gasteiger partial charge in [-0.15, -0.1) is 0 Å². The van der Waals surface area contributed by atoms with Crippen LogP contribution in [0, 0.1) is 5.92 Å². The van der Waals surface area contributed by atoms with Crippen LogP contribution in [-0.2, 0) is 4.79 Å². The second kappa shape index (κ2) is 8.13. The molecule has 2 aromatic rings. The third-order valence-electron chi connectivity index (χ3n) is 5.01. The van der Waals surface area contributed by atoms with Gasteiger partial charge in [0.25, 0.3) is 0 Å². The zero-order valence-electron chi connectivity index (χ0n) is 14.6. The highest BCUT2D eigenvalue weighted by atomic mass is 16.3. The molecular formula is C22H25NO2. The molecule has 0 saturated carbocycles. The molecule has 1 amide bonds. The molecule has 25 heavy (non-hydrogen) atoms. The van der Waals surface area contributed by atoms with Gasteiger partial charge in [-0.3, -0.25) is 4.79 Å². The van der Waals surface area contributed by atoms with Gasteiger partial charge in [-0.25, -0.2) is 0 Å². The fraction of sp³-hybridized carbons (Fsp3) is 0.318. The van der Waals surface area contributed by atoms with Gasteiger partial charge in [0.2, 0.25) is 5.91 Å². The van der Waals surface area contributed by atoms with Crippen molar-refractivity contribution in [2.75, 3.05) is 13.1 Å². The Kier molecular flexibility index (Phi) is 5.67. The van der Waals surface area contributed by atoms with E-state index in [-0.39, 0.29) is 11.8 Å². The Labute approximate surface area is 149 Å². The number of hydrogen-bond donors (Lipinski definition) is 1. The SMILES string of the molecule is CC(=CC(=O)N1CCC(C(O)c2ccccc2)CC1)c1ccccc1. The minimum absolute atomic E-state index is 0.0639. The Morgan fingerprint density at radius 1 is 1.04 bits per heavy atom. The molecule has 0 spiro atoms. The molecule has 1 heterocycles. The van der Waals surface area contributed by atoms with E-state index in [1.807, 2.05) is 72.5 Å².